The van der Waals surface area contributed by atoms with Crippen molar-refractivity contribution in [3.63, 3.8) is 0 Å². The van der Waals surface area contributed by atoms with E-state index in [1.54, 1.807) is 16.8 Å². The van der Waals surface area contributed by atoms with Gasteiger partial charge in [-0.05, 0) is 57.0 Å². The maximum atomic E-state index is 12.9. The number of hydrogen-bond donors (Lipinski definition) is 1. The molecular weight excluding hydrogens is 412 g/mol. The number of carbonyl (C=O) groups excluding carboxylic acids is 1. The molecule has 0 aliphatic heterocycles. The second-order valence-electron chi connectivity index (χ2n) is 4.80. The number of rotatable bonds is 3. The van der Waals surface area contributed by atoms with Crippen molar-refractivity contribution < 1.29 is 9.90 Å². The molecule has 112 valence electrons. The Bertz CT molecular complexity index is 864. The van der Waals surface area contributed by atoms with E-state index in [-0.39, 0.29) is 11.5 Å². The first-order chi connectivity index (χ1) is 10.5. The van der Waals surface area contributed by atoms with Crippen LogP contribution in [0.3, 0.4) is 0 Å². The maximum absolute atomic E-state index is 12.9. The van der Waals surface area contributed by atoms with Crippen LogP contribution in [0.4, 0.5) is 0 Å². The molecule has 0 fully saturated rings. The molecule has 1 heterocycles. The molecule has 0 aliphatic carbocycles. The van der Waals surface area contributed by atoms with Gasteiger partial charge < -0.3 is 5.11 Å². The second kappa shape index (κ2) is 5.85. The topological polar surface area (TPSA) is 55.1 Å². The minimum Gasteiger partial charge on any atom is -0.506 e. The molecule has 0 amide bonds. The van der Waals surface area contributed by atoms with Crippen molar-refractivity contribution in [3.8, 4) is 5.75 Å². The number of fused-ring (bicyclic) bond motifs is 1. The maximum Gasteiger partial charge on any atom is 0.211 e. The van der Waals surface area contributed by atoms with Crippen LogP contribution < -0.4 is 0 Å². The number of nitrogens with zero attached hydrogens (tertiary/aromatic N) is 2. The Morgan fingerprint density at radius 1 is 1.23 bits per heavy atom. The Morgan fingerprint density at radius 2 is 1.86 bits per heavy atom. The zero-order valence-electron chi connectivity index (χ0n) is 11.7. The standard InChI is InChI=1S/C16H12Br2N2O2/c1-2-20-14(10-5-3-4-6-13(10)19-20)15(21)9-7-11(17)16(22)12(18)8-9/h3-8,22H,2H2,1H3. The molecule has 0 saturated heterocycles. The highest BCUT2D eigenvalue weighted by Gasteiger charge is 2.20. The van der Waals surface area contributed by atoms with Crippen molar-refractivity contribution in [1.82, 2.24) is 9.78 Å². The van der Waals surface area contributed by atoms with Crippen molar-refractivity contribution in [1.29, 1.82) is 0 Å². The van der Waals surface area contributed by atoms with E-state index in [2.05, 4.69) is 37.0 Å². The number of benzene rings is 2. The van der Waals surface area contributed by atoms with Crippen molar-refractivity contribution in [2.24, 2.45) is 0 Å². The summed E-state index contributed by atoms with van der Waals surface area (Å²) in [7, 11) is 0. The average molecular weight is 424 g/mol. The first-order valence-electron chi connectivity index (χ1n) is 6.71. The number of aryl methyl sites for hydroxylation is 1. The first-order valence-corrected chi connectivity index (χ1v) is 8.29. The summed E-state index contributed by atoms with van der Waals surface area (Å²) >= 11 is 6.52. The lowest BCUT2D eigenvalue weighted by Gasteiger charge is -2.07. The molecule has 0 radical (unpaired) electrons. The first kappa shape index (κ1) is 15.2. The summed E-state index contributed by atoms with van der Waals surface area (Å²) in [5.41, 5.74) is 1.84. The molecular formula is C16H12Br2N2O2. The van der Waals surface area contributed by atoms with Crippen molar-refractivity contribution in [3.05, 3.63) is 56.6 Å². The number of carbonyl (C=O) groups is 1. The Hall–Kier alpha value is -1.66. The molecule has 1 N–H and O–H groups in total. The van der Waals surface area contributed by atoms with E-state index in [0.29, 0.717) is 26.7 Å². The van der Waals surface area contributed by atoms with Gasteiger partial charge in [-0.15, -0.1) is 0 Å². The summed E-state index contributed by atoms with van der Waals surface area (Å²) in [6.45, 7) is 2.56. The lowest BCUT2D eigenvalue weighted by Crippen LogP contribution is -2.11. The van der Waals surface area contributed by atoms with Crippen LogP contribution in [0, 0.1) is 0 Å². The highest BCUT2D eigenvalue weighted by atomic mass is 79.9. The van der Waals surface area contributed by atoms with Crippen LogP contribution >= 0.6 is 31.9 Å². The van der Waals surface area contributed by atoms with Crippen LogP contribution in [0.5, 0.6) is 5.75 Å². The monoisotopic (exact) mass is 422 g/mol. The predicted molar refractivity (Wildman–Crippen MR) is 92.3 cm³/mol. The third kappa shape index (κ3) is 2.46. The van der Waals surface area contributed by atoms with Gasteiger partial charge in [0.05, 0.1) is 14.5 Å². The Kier molecular flexibility index (Phi) is 4.06. The SMILES string of the molecule is CCn1nc2ccccc2c1C(=O)c1cc(Br)c(O)c(Br)c1. The highest BCUT2D eigenvalue weighted by molar-refractivity contribution is 9.11. The Balaban J connectivity index is 2.21. The van der Waals surface area contributed by atoms with E-state index in [9.17, 15) is 9.90 Å². The van der Waals surface area contributed by atoms with E-state index in [4.69, 9.17) is 0 Å². The van der Waals surface area contributed by atoms with Crippen LogP contribution in [0.15, 0.2) is 45.3 Å². The zero-order valence-corrected chi connectivity index (χ0v) is 14.8. The van der Waals surface area contributed by atoms with Gasteiger partial charge >= 0.3 is 0 Å². The molecule has 22 heavy (non-hydrogen) atoms. The molecule has 4 nitrogen and oxygen atoms in total. The number of hydrogen-bond acceptors (Lipinski definition) is 3. The molecule has 0 bridgehead atoms. The van der Waals surface area contributed by atoms with E-state index < -0.39 is 0 Å². The van der Waals surface area contributed by atoms with Gasteiger partial charge in [-0.25, -0.2) is 0 Å². The van der Waals surface area contributed by atoms with Crippen LogP contribution in [0.2, 0.25) is 0 Å². The zero-order chi connectivity index (χ0) is 15.9. The summed E-state index contributed by atoms with van der Waals surface area (Å²) in [5, 5.41) is 15.1. The third-order valence-electron chi connectivity index (χ3n) is 3.44. The second-order valence-corrected chi connectivity index (χ2v) is 6.51. The normalized spacial score (nSPS) is 11.0. The average Bonchev–Trinajstić information content (AvgIpc) is 2.89. The van der Waals surface area contributed by atoms with Gasteiger partial charge in [0.25, 0.3) is 0 Å². The van der Waals surface area contributed by atoms with Gasteiger partial charge in [0.15, 0.2) is 0 Å². The van der Waals surface area contributed by atoms with E-state index in [1.807, 2.05) is 31.2 Å². The fourth-order valence-corrected chi connectivity index (χ4v) is 3.57. The van der Waals surface area contributed by atoms with Gasteiger partial charge in [0, 0.05) is 17.5 Å². The summed E-state index contributed by atoms with van der Waals surface area (Å²) < 4.78 is 2.65. The lowest BCUT2D eigenvalue weighted by atomic mass is 10.0. The number of aromatic nitrogens is 2. The van der Waals surface area contributed by atoms with Crippen molar-refractivity contribution in [2.45, 2.75) is 13.5 Å². The molecule has 0 aliphatic rings. The van der Waals surface area contributed by atoms with E-state index in [0.717, 1.165) is 10.9 Å². The van der Waals surface area contributed by atoms with E-state index in [1.165, 1.54) is 0 Å². The molecule has 0 atom stereocenters. The fraction of sp³-hybridized carbons (Fsp3) is 0.125. The number of phenols is 1. The van der Waals surface area contributed by atoms with Crippen LogP contribution in [-0.2, 0) is 6.54 Å². The van der Waals surface area contributed by atoms with Crippen LogP contribution in [-0.4, -0.2) is 20.7 Å². The summed E-state index contributed by atoms with van der Waals surface area (Å²) in [6.07, 6.45) is 0. The van der Waals surface area contributed by atoms with Gasteiger partial charge in [-0.2, -0.15) is 5.10 Å². The van der Waals surface area contributed by atoms with Gasteiger partial charge in [0.2, 0.25) is 5.78 Å². The molecule has 3 aromatic rings. The summed E-state index contributed by atoms with van der Waals surface area (Å²) in [4.78, 5) is 12.9. The number of phenolic OH excluding ortho intramolecular Hbond substituents is 1. The molecule has 0 saturated carbocycles. The summed E-state index contributed by atoms with van der Waals surface area (Å²) in [6, 6.07) is 10.8. The number of halogens is 2. The molecule has 3 rings (SSSR count). The minimum atomic E-state index is -0.128. The fourth-order valence-electron chi connectivity index (χ4n) is 2.38. The third-order valence-corrected chi connectivity index (χ3v) is 4.65. The Labute approximate surface area is 144 Å². The van der Waals surface area contributed by atoms with Crippen LogP contribution in [0.25, 0.3) is 10.9 Å². The number of ketones is 1. The predicted octanol–water partition coefficient (Wildman–Crippen LogP) is 4.52. The van der Waals surface area contributed by atoms with Gasteiger partial charge in [-0.1, -0.05) is 18.2 Å². The van der Waals surface area contributed by atoms with Crippen molar-refractivity contribution >= 4 is 48.5 Å². The number of aromatic hydroxyl groups is 1. The highest BCUT2D eigenvalue weighted by Crippen LogP contribution is 2.34. The quantitative estimate of drug-likeness (QED) is 0.630. The van der Waals surface area contributed by atoms with E-state index >= 15 is 0 Å². The van der Waals surface area contributed by atoms with Gasteiger partial charge in [-0.3, -0.25) is 9.48 Å². The molecule has 0 unspecified atom stereocenters. The minimum absolute atomic E-state index is 0.0745. The summed E-state index contributed by atoms with van der Waals surface area (Å²) in [5.74, 6) is -0.0534. The molecule has 1 aromatic heterocycles. The Morgan fingerprint density at radius 3 is 2.50 bits per heavy atom. The smallest absolute Gasteiger partial charge is 0.211 e. The molecule has 0 spiro atoms. The largest absolute Gasteiger partial charge is 0.506 e. The van der Waals surface area contributed by atoms with Crippen molar-refractivity contribution in [2.75, 3.05) is 0 Å². The molecule has 6 heteroatoms. The molecule has 2 aromatic carbocycles. The lowest BCUT2D eigenvalue weighted by molar-refractivity contribution is 0.103. The van der Waals surface area contributed by atoms with Crippen LogP contribution in [0.1, 0.15) is 23.0 Å². The van der Waals surface area contributed by atoms with Gasteiger partial charge in [0.1, 0.15) is 11.4 Å².